The van der Waals surface area contributed by atoms with Gasteiger partial charge in [0.25, 0.3) is 5.91 Å². The van der Waals surface area contributed by atoms with Crippen molar-refractivity contribution in [3.05, 3.63) is 30.1 Å². The molecule has 1 aromatic rings. The maximum atomic E-state index is 12.9. The molecule has 0 aliphatic heterocycles. The Morgan fingerprint density at radius 1 is 1.11 bits per heavy atom. The second kappa shape index (κ2) is 9.27. The number of halogens is 1. The second-order valence-electron chi connectivity index (χ2n) is 6.67. The van der Waals surface area contributed by atoms with E-state index in [0.717, 1.165) is 54.3 Å². The van der Waals surface area contributed by atoms with Crippen molar-refractivity contribution in [3.8, 4) is 0 Å². The van der Waals surface area contributed by atoms with Gasteiger partial charge in [-0.05, 0) is 37.1 Å². The quantitative estimate of drug-likeness (QED) is 0.652. The van der Waals surface area contributed by atoms with Crippen LogP contribution in [0.15, 0.2) is 29.2 Å². The van der Waals surface area contributed by atoms with E-state index >= 15 is 0 Å². The highest BCUT2D eigenvalue weighted by molar-refractivity contribution is 7.89. The van der Waals surface area contributed by atoms with Crippen LogP contribution in [0.1, 0.15) is 32.1 Å². The van der Waals surface area contributed by atoms with Gasteiger partial charge in [-0.3, -0.25) is 9.59 Å². The van der Waals surface area contributed by atoms with Gasteiger partial charge in [-0.2, -0.15) is 4.31 Å². The Morgan fingerprint density at radius 3 is 2.30 bits per heavy atom. The van der Waals surface area contributed by atoms with Crippen LogP contribution < -0.4 is 0 Å². The van der Waals surface area contributed by atoms with E-state index < -0.39 is 35.0 Å². The molecule has 1 aromatic carbocycles. The summed E-state index contributed by atoms with van der Waals surface area (Å²) >= 11 is 0. The van der Waals surface area contributed by atoms with E-state index in [2.05, 4.69) is 0 Å². The molecule has 1 fully saturated rings. The number of nitrogens with zero attached hydrogens (tertiary/aromatic N) is 2. The van der Waals surface area contributed by atoms with Gasteiger partial charge in [-0.25, -0.2) is 12.8 Å². The van der Waals surface area contributed by atoms with Crippen molar-refractivity contribution in [2.45, 2.75) is 43.0 Å². The van der Waals surface area contributed by atoms with Gasteiger partial charge < -0.3 is 9.64 Å². The van der Waals surface area contributed by atoms with Crippen LogP contribution in [0, 0.1) is 5.82 Å². The van der Waals surface area contributed by atoms with Gasteiger partial charge in [0, 0.05) is 20.1 Å². The summed E-state index contributed by atoms with van der Waals surface area (Å²) in [4.78, 5) is 25.6. The van der Waals surface area contributed by atoms with Crippen LogP contribution in [0.25, 0.3) is 0 Å². The van der Waals surface area contributed by atoms with Crippen LogP contribution >= 0.6 is 0 Å². The molecular weight excluding hydrogens is 375 g/mol. The summed E-state index contributed by atoms with van der Waals surface area (Å²) in [5, 5.41) is 0. The number of sulfonamides is 1. The molecule has 0 unspecified atom stereocenters. The highest BCUT2D eigenvalue weighted by Crippen LogP contribution is 2.21. The van der Waals surface area contributed by atoms with Crippen molar-refractivity contribution in [2.24, 2.45) is 0 Å². The largest absolute Gasteiger partial charge is 0.455 e. The summed E-state index contributed by atoms with van der Waals surface area (Å²) in [5.74, 6) is -1.69. The summed E-state index contributed by atoms with van der Waals surface area (Å²) in [6.45, 7) is -0.962. The third kappa shape index (κ3) is 5.74. The summed E-state index contributed by atoms with van der Waals surface area (Å²) in [7, 11) is -1.04. The molecule has 7 nitrogen and oxygen atoms in total. The maximum Gasteiger partial charge on any atom is 0.321 e. The van der Waals surface area contributed by atoms with E-state index in [1.54, 1.807) is 11.9 Å². The fraction of sp³-hybridized carbons (Fsp3) is 0.556. The van der Waals surface area contributed by atoms with Gasteiger partial charge in [-0.15, -0.1) is 0 Å². The Hall–Kier alpha value is -2.00. The van der Waals surface area contributed by atoms with Gasteiger partial charge in [-0.1, -0.05) is 19.3 Å². The highest BCUT2D eigenvalue weighted by Gasteiger charge is 2.25. The van der Waals surface area contributed by atoms with Crippen molar-refractivity contribution in [2.75, 3.05) is 27.2 Å². The van der Waals surface area contributed by atoms with Crippen molar-refractivity contribution in [1.82, 2.24) is 9.21 Å². The molecule has 0 spiro atoms. The summed E-state index contributed by atoms with van der Waals surface area (Å²) < 4.78 is 43.4. The molecule has 1 amide bonds. The van der Waals surface area contributed by atoms with E-state index in [1.807, 2.05) is 0 Å². The van der Waals surface area contributed by atoms with E-state index in [0.29, 0.717) is 0 Å². The van der Waals surface area contributed by atoms with E-state index in [4.69, 9.17) is 4.74 Å². The summed E-state index contributed by atoms with van der Waals surface area (Å²) in [6, 6.07) is 4.45. The molecule has 1 aliphatic carbocycles. The number of amides is 1. The number of esters is 1. The average molecular weight is 400 g/mol. The Labute approximate surface area is 159 Å². The van der Waals surface area contributed by atoms with E-state index in [9.17, 15) is 22.4 Å². The van der Waals surface area contributed by atoms with Crippen LogP contribution in [-0.2, 0) is 24.3 Å². The molecule has 150 valence electrons. The predicted molar refractivity (Wildman–Crippen MR) is 96.8 cm³/mol. The Balaban J connectivity index is 1.85. The zero-order chi connectivity index (χ0) is 20.0. The standard InChI is InChI=1S/C18H25FN2O5S/c1-20(27(24,25)16-10-8-14(19)9-11-16)12-18(23)26-13-17(22)21(2)15-6-4-3-5-7-15/h8-11,15H,3-7,12-13H2,1-2H3. The molecule has 0 heterocycles. The fourth-order valence-electron chi connectivity index (χ4n) is 3.01. The molecule has 0 bridgehead atoms. The fourth-order valence-corrected chi connectivity index (χ4v) is 4.13. The number of likely N-dealkylation sites (N-methyl/N-ethyl adjacent to an activating group) is 2. The summed E-state index contributed by atoms with van der Waals surface area (Å²) in [6.07, 6.45) is 5.20. The molecule has 0 N–H and O–H groups in total. The first-order valence-corrected chi connectivity index (χ1v) is 10.3. The zero-order valence-corrected chi connectivity index (χ0v) is 16.4. The van der Waals surface area contributed by atoms with Gasteiger partial charge >= 0.3 is 5.97 Å². The van der Waals surface area contributed by atoms with Crippen LogP contribution in [0.3, 0.4) is 0 Å². The van der Waals surface area contributed by atoms with Crippen molar-refractivity contribution in [3.63, 3.8) is 0 Å². The number of rotatable bonds is 7. The van der Waals surface area contributed by atoms with Crippen LogP contribution in [-0.4, -0.2) is 62.8 Å². The Kier molecular flexibility index (Phi) is 7.32. The van der Waals surface area contributed by atoms with Crippen LogP contribution in [0.2, 0.25) is 0 Å². The molecule has 2 rings (SSSR count). The van der Waals surface area contributed by atoms with Gasteiger partial charge in [0.15, 0.2) is 6.61 Å². The topological polar surface area (TPSA) is 84.0 Å². The molecule has 0 radical (unpaired) electrons. The van der Waals surface area contributed by atoms with Gasteiger partial charge in [0.2, 0.25) is 10.0 Å². The first kappa shape index (κ1) is 21.3. The molecule has 0 atom stereocenters. The Bertz CT molecular complexity index is 760. The first-order valence-electron chi connectivity index (χ1n) is 8.85. The number of carbonyl (C=O) groups excluding carboxylic acids is 2. The first-order chi connectivity index (χ1) is 12.7. The van der Waals surface area contributed by atoms with Gasteiger partial charge in [0.1, 0.15) is 12.4 Å². The summed E-state index contributed by atoms with van der Waals surface area (Å²) in [5.41, 5.74) is 0. The SMILES string of the molecule is CN(C(=O)COC(=O)CN(C)S(=O)(=O)c1ccc(F)cc1)C1CCCCC1. The predicted octanol–water partition coefficient (Wildman–Crippen LogP) is 1.78. The van der Waals surface area contributed by atoms with Crippen molar-refractivity contribution in [1.29, 1.82) is 0 Å². The van der Waals surface area contributed by atoms with Crippen molar-refractivity contribution < 1.29 is 27.1 Å². The minimum atomic E-state index is -3.95. The van der Waals surface area contributed by atoms with Crippen molar-refractivity contribution >= 4 is 21.9 Å². The molecule has 0 aromatic heterocycles. The molecule has 1 aliphatic rings. The third-order valence-corrected chi connectivity index (χ3v) is 6.56. The highest BCUT2D eigenvalue weighted by atomic mass is 32.2. The average Bonchev–Trinajstić information content (AvgIpc) is 2.66. The van der Waals surface area contributed by atoms with Crippen LogP contribution in [0.5, 0.6) is 0 Å². The third-order valence-electron chi connectivity index (χ3n) is 4.75. The lowest BCUT2D eigenvalue weighted by molar-refractivity contribution is -0.152. The maximum absolute atomic E-state index is 12.9. The molecule has 9 heteroatoms. The van der Waals surface area contributed by atoms with Crippen LogP contribution in [0.4, 0.5) is 4.39 Å². The van der Waals surface area contributed by atoms with Gasteiger partial charge in [0.05, 0.1) is 4.90 Å². The Morgan fingerprint density at radius 2 is 1.70 bits per heavy atom. The molecule has 1 saturated carbocycles. The van der Waals surface area contributed by atoms with E-state index in [1.165, 1.54) is 13.5 Å². The minimum absolute atomic E-state index is 0.132. The lowest BCUT2D eigenvalue weighted by Crippen LogP contribution is -2.41. The minimum Gasteiger partial charge on any atom is -0.455 e. The monoisotopic (exact) mass is 400 g/mol. The number of ether oxygens (including phenoxy) is 1. The second-order valence-corrected chi connectivity index (χ2v) is 8.72. The number of hydrogen-bond donors (Lipinski definition) is 0. The molecule has 0 saturated heterocycles. The molecular formula is C18H25FN2O5S. The number of hydrogen-bond acceptors (Lipinski definition) is 5. The van der Waals surface area contributed by atoms with E-state index in [-0.39, 0.29) is 16.8 Å². The normalized spacial score (nSPS) is 15.6. The zero-order valence-electron chi connectivity index (χ0n) is 15.6. The number of carbonyl (C=O) groups is 2. The lowest BCUT2D eigenvalue weighted by atomic mass is 9.94. The lowest BCUT2D eigenvalue weighted by Gasteiger charge is -2.31. The molecule has 27 heavy (non-hydrogen) atoms. The smallest absolute Gasteiger partial charge is 0.321 e. The number of benzene rings is 1.